The lowest BCUT2D eigenvalue weighted by Gasteiger charge is -2.22. The number of methoxy groups -OCH3 is 1. The number of benzene rings is 2. The van der Waals surface area contributed by atoms with Crippen LogP contribution in [0.15, 0.2) is 30.3 Å². The van der Waals surface area contributed by atoms with Gasteiger partial charge in [0.2, 0.25) is 0 Å². The molecule has 1 heterocycles. The Morgan fingerprint density at radius 2 is 1.88 bits per heavy atom. The molecule has 3 aromatic rings. The van der Waals surface area contributed by atoms with E-state index >= 15 is 0 Å². The van der Waals surface area contributed by atoms with Crippen LogP contribution in [0.1, 0.15) is 27.7 Å². The van der Waals surface area contributed by atoms with E-state index in [-0.39, 0.29) is 26.9 Å². The Morgan fingerprint density at radius 3 is 2.44 bits per heavy atom. The lowest BCUT2D eigenvalue weighted by atomic mass is 10.0. The van der Waals surface area contributed by atoms with Crippen LogP contribution in [0.5, 0.6) is 5.75 Å². The third-order valence-electron chi connectivity index (χ3n) is 4.99. The summed E-state index contributed by atoms with van der Waals surface area (Å²) in [7, 11) is 3.01. The van der Waals surface area contributed by atoms with Gasteiger partial charge in [-0.2, -0.15) is 0 Å². The van der Waals surface area contributed by atoms with E-state index in [9.17, 15) is 24.2 Å². The smallest absolute Gasteiger partial charge is 0.307 e. The molecule has 0 aliphatic carbocycles. The van der Waals surface area contributed by atoms with Gasteiger partial charge in [-0.3, -0.25) is 9.59 Å². The number of amides is 1. The van der Waals surface area contributed by atoms with Crippen LogP contribution < -0.4 is 10.1 Å². The maximum atomic E-state index is 14.6. The number of aryl methyl sites for hydroxylation is 1. The van der Waals surface area contributed by atoms with E-state index < -0.39 is 36.4 Å². The van der Waals surface area contributed by atoms with Crippen molar-refractivity contribution in [2.75, 3.05) is 7.11 Å². The Morgan fingerprint density at radius 1 is 1.19 bits per heavy atom. The molecule has 2 aromatic carbocycles. The number of aliphatic carboxylic acids is 1. The number of fused-ring (bicyclic) bond motifs is 1. The fourth-order valence-corrected chi connectivity index (χ4v) is 3.86. The van der Waals surface area contributed by atoms with Gasteiger partial charge in [0.1, 0.15) is 28.3 Å². The molecule has 1 atom stereocenters. The molecule has 1 amide bonds. The summed E-state index contributed by atoms with van der Waals surface area (Å²) in [6, 6.07) is 5.04. The second kappa shape index (κ2) is 9.33. The molecule has 0 bridgehead atoms. The van der Waals surface area contributed by atoms with Gasteiger partial charge in [-0.1, -0.05) is 35.3 Å². The summed E-state index contributed by atoms with van der Waals surface area (Å²) in [5, 5.41) is 31.6. The minimum Gasteiger partial charge on any atom is -0.495 e. The predicted octanol–water partition coefficient (Wildman–Crippen LogP) is 3.04. The highest BCUT2D eigenvalue weighted by atomic mass is 35.5. The Labute approximate surface area is 191 Å². The topological polar surface area (TPSA) is 121 Å². The SMILES string of the molecule is COc1cc2c(cc(C(=O)N[C@@H](c3ccc(CC(=O)O)cc3F)C(O)O)n2C)c(Cl)c1Cl. The molecule has 0 fully saturated rings. The largest absolute Gasteiger partial charge is 0.495 e. The van der Waals surface area contributed by atoms with Crippen molar-refractivity contribution in [3.8, 4) is 5.75 Å². The molecule has 0 spiro atoms. The molecule has 3 rings (SSSR count). The number of nitrogens with zero attached hydrogens (tertiary/aromatic N) is 1. The lowest BCUT2D eigenvalue weighted by Crippen LogP contribution is -2.37. The van der Waals surface area contributed by atoms with Gasteiger partial charge in [-0.05, 0) is 17.7 Å². The first-order valence-corrected chi connectivity index (χ1v) is 9.99. The molecular weight excluding hydrogens is 466 g/mol. The molecule has 8 nitrogen and oxygen atoms in total. The molecule has 4 N–H and O–H groups in total. The summed E-state index contributed by atoms with van der Waals surface area (Å²) in [6.45, 7) is 0. The summed E-state index contributed by atoms with van der Waals surface area (Å²) < 4.78 is 21.3. The first kappa shape index (κ1) is 23.8. The van der Waals surface area contributed by atoms with Gasteiger partial charge in [0.05, 0.1) is 24.1 Å². The van der Waals surface area contributed by atoms with Crippen LogP contribution in [-0.4, -0.2) is 45.2 Å². The maximum absolute atomic E-state index is 14.6. The van der Waals surface area contributed by atoms with Gasteiger partial charge < -0.3 is 29.9 Å². The van der Waals surface area contributed by atoms with E-state index in [1.807, 2.05) is 0 Å². The summed E-state index contributed by atoms with van der Waals surface area (Å²) in [6.07, 6.45) is -2.54. The van der Waals surface area contributed by atoms with Crippen molar-refractivity contribution in [2.24, 2.45) is 7.05 Å². The van der Waals surface area contributed by atoms with Crippen LogP contribution in [-0.2, 0) is 18.3 Å². The van der Waals surface area contributed by atoms with Crippen LogP contribution >= 0.6 is 23.2 Å². The molecule has 32 heavy (non-hydrogen) atoms. The number of aromatic nitrogens is 1. The van der Waals surface area contributed by atoms with E-state index in [1.165, 1.54) is 29.9 Å². The van der Waals surface area contributed by atoms with Crippen molar-refractivity contribution in [1.29, 1.82) is 0 Å². The second-order valence-electron chi connectivity index (χ2n) is 7.02. The molecule has 0 saturated carbocycles. The summed E-state index contributed by atoms with van der Waals surface area (Å²) in [5.41, 5.74) is 0.598. The lowest BCUT2D eigenvalue weighted by molar-refractivity contribution is -0.136. The fraction of sp³-hybridized carbons (Fsp3) is 0.238. The van der Waals surface area contributed by atoms with Crippen molar-refractivity contribution >= 4 is 46.0 Å². The first-order valence-electron chi connectivity index (χ1n) is 9.23. The van der Waals surface area contributed by atoms with Crippen LogP contribution in [0.3, 0.4) is 0 Å². The first-order chi connectivity index (χ1) is 15.0. The van der Waals surface area contributed by atoms with E-state index in [0.29, 0.717) is 16.7 Å². The summed E-state index contributed by atoms with van der Waals surface area (Å²) in [4.78, 5) is 23.7. The molecule has 0 aliphatic heterocycles. The van der Waals surface area contributed by atoms with E-state index in [1.54, 1.807) is 13.1 Å². The average Bonchev–Trinajstić information content (AvgIpc) is 3.05. The number of hydrogen-bond donors (Lipinski definition) is 4. The number of nitrogens with one attached hydrogen (secondary N) is 1. The Kier molecular flexibility index (Phi) is 6.94. The van der Waals surface area contributed by atoms with E-state index in [2.05, 4.69) is 5.32 Å². The molecule has 0 saturated heterocycles. The second-order valence-corrected chi connectivity index (χ2v) is 7.78. The number of aliphatic hydroxyl groups is 2. The normalized spacial score (nSPS) is 12.2. The third kappa shape index (κ3) is 4.51. The predicted molar refractivity (Wildman–Crippen MR) is 116 cm³/mol. The van der Waals surface area contributed by atoms with Crippen molar-refractivity contribution in [3.05, 3.63) is 63.0 Å². The molecule has 170 valence electrons. The third-order valence-corrected chi connectivity index (χ3v) is 5.85. The van der Waals surface area contributed by atoms with Gasteiger partial charge >= 0.3 is 5.97 Å². The maximum Gasteiger partial charge on any atom is 0.307 e. The fourth-order valence-electron chi connectivity index (χ4n) is 3.38. The van der Waals surface area contributed by atoms with Crippen LogP contribution in [0.4, 0.5) is 4.39 Å². The minimum absolute atomic E-state index is 0.0970. The number of carbonyl (C=O) groups is 2. The van der Waals surface area contributed by atoms with Gasteiger partial charge in [0.25, 0.3) is 5.91 Å². The van der Waals surface area contributed by atoms with E-state index in [4.69, 9.17) is 33.0 Å². The Hall–Kier alpha value is -2.85. The number of halogens is 3. The summed E-state index contributed by atoms with van der Waals surface area (Å²) in [5.74, 6) is -2.46. The number of carboxylic acid groups (broad SMARTS) is 1. The molecule has 11 heteroatoms. The van der Waals surface area contributed by atoms with Crippen LogP contribution in [0.25, 0.3) is 10.9 Å². The molecule has 0 unspecified atom stereocenters. The molecule has 1 aromatic heterocycles. The van der Waals surface area contributed by atoms with Crippen molar-refractivity contribution in [1.82, 2.24) is 9.88 Å². The van der Waals surface area contributed by atoms with Gasteiger partial charge in [0.15, 0.2) is 6.29 Å². The quantitative estimate of drug-likeness (QED) is 0.382. The number of carboxylic acids is 1. The van der Waals surface area contributed by atoms with Crippen molar-refractivity contribution < 1.29 is 34.0 Å². The number of ether oxygens (including phenoxy) is 1. The molecule has 0 aliphatic rings. The van der Waals surface area contributed by atoms with Gasteiger partial charge in [-0.25, -0.2) is 4.39 Å². The highest BCUT2D eigenvalue weighted by Gasteiger charge is 2.27. The molecular formula is C21H19Cl2FN2O6. The number of carbonyl (C=O) groups excluding carboxylic acids is 1. The summed E-state index contributed by atoms with van der Waals surface area (Å²) >= 11 is 12.5. The number of aliphatic hydroxyl groups excluding tert-OH is 1. The monoisotopic (exact) mass is 484 g/mol. The zero-order valence-corrected chi connectivity index (χ0v) is 18.4. The average molecular weight is 485 g/mol. The zero-order valence-electron chi connectivity index (χ0n) is 16.9. The number of hydrogen-bond acceptors (Lipinski definition) is 5. The number of rotatable bonds is 7. The van der Waals surface area contributed by atoms with Gasteiger partial charge in [-0.15, -0.1) is 0 Å². The standard InChI is InChI=1S/C21H19Cl2FN2O6/c1-26-13-8-15(32-2)18(23)17(22)11(13)7-14(26)20(29)25-19(21(30)31)10-4-3-9(5-12(10)24)6-16(27)28/h3-5,7-8,19,21,30-31H,6H2,1-2H3,(H,25,29)(H,27,28)/t19-/m0/s1. The van der Waals surface area contributed by atoms with Crippen molar-refractivity contribution in [2.45, 2.75) is 18.8 Å². The van der Waals surface area contributed by atoms with Crippen LogP contribution in [0.2, 0.25) is 10.0 Å². The molecule has 0 radical (unpaired) electrons. The minimum atomic E-state index is -2.13. The highest BCUT2D eigenvalue weighted by molar-refractivity contribution is 6.46. The Balaban J connectivity index is 1.97. The van der Waals surface area contributed by atoms with Gasteiger partial charge in [0, 0.05) is 24.1 Å². The highest BCUT2D eigenvalue weighted by Crippen LogP contribution is 2.39. The van der Waals surface area contributed by atoms with Crippen LogP contribution in [0, 0.1) is 5.82 Å². The van der Waals surface area contributed by atoms with Crippen molar-refractivity contribution in [3.63, 3.8) is 0 Å². The van der Waals surface area contributed by atoms with E-state index in [0.717, 1.165) is 6.07 Å². The Bertz CT molecular complexity index is 1210. The zero-order chi connectivity index (χ0) is 23.7.